The first-order valence-electron chi connectivity index (χ1n) is 7.24. The minimum atomic E-state index is -0.471. The smallest absolute Gasteiger partial charge is 0.407 e. The minimum Gasteiger partial charge on any atom is -0.441 e. The normalized spacial score (nSPS) is 17.7. The van der Waals surface area contributed by atoms with Crippen LogP contribution < -0.4 is 5.32 Å². The van der Waals surface area contributed by atoms with E-state index in [1.165, 1.54) is 0 Å². The van der Waals surface area contributed by atoms with Gasteiger partial charge in [-0.3, -0.25) is 4.79 Å². The molecule has 0 atom stereocenters. The van der Waals surface area contributed by atoms with Gasteiger partial charge in [0.25, 0.3) is 5.91 Å². The quantitative estimate of drug-likeness (QED) is 0.910. The molecule has 1 aromatic rings. The zero-order valence-corrected chi connectivity index (χ0v) is 12.8. The van der Waals surface area contributed by atoms with E-state index < -0.39 is 6.09 Å². The summed E-state index contributed by atoms with van der Waals surface area (Å²) in [6.45, 7) is 2.31. The van der Waals surface area contributed by atoms with Gasteiger partial charge in [-0.1, -0.05) is 17.7 Å². The first kappa shape index (κ1) is 15.1. The van der Waals surface area contributed by atoms with Crippen molar-refractivity contribution >= 4 is 23.6 Å². The summed E-state index contributed by atoms with van der Waals surface area (Å²) in [5, 5.41) is 3.28. The van der Waals surface area contributed by atoms with E-state index >= 15 is 0 Å². The molecule has 2 aliphatic heterocycles. The van der Waals surface area contributed by atoms with Crippen molar-refractivity contribution in [1.82, 2.24) is 10.2 Å². The fraction of sp³-hybridized carbons (Fsp3) is 0.467. The van der Waals surface area contributed by atoms with Crippen LogP contribution in [0.2, 0.25) is 5.02 Å². The summed E-state index contributed by atoms with van der Waals surface area (Å²) < 4.78 is 10.0. The highest BCUT2D eigenvalue weighted by atomic mass is 35.5. The number of carbonyl (C=O) groups is 2. The number of hydrogen-bond acceptors (Lipinski definition) is 4. The molecular weight excluding hydrogens is 308 g/mol. The Kier molecular flexibility index (Phi) is 4.49. The van der Waals surface area contributed by atoms with Crippen molar-refractivity contribution in [2.75, 3.05) is 32.8 Å². The maximum absolute atomic E-state index is 12.4. The standard InChI is InChI=1S/C15H17ClN2O4/c16-13-3-1-2-12-11(13)4-6-18(14(12)19)7-5-17-15(20)22-10-8-21-9-10/h1-3,10H,4-9H2,(H,17,20). The molecule has 0 spiro atoms. The number of nitrogens with zero attached hydrogens (tertiary/aromatic N) is 1. The van der Waals surface area contributed by atoms with Gasteiger partial charge in [0.15, 0.2) is 6.10 Å². The lowest BCUT2D eigenvalue weighted by Gasteiger charge is -2.29. The SMILES string of the molecule is O=C(NCCN1CCc2c(Cl)cccc2C1=O)OC1COC1. The van der Waals surface area contributed by atoms with E-state index in [-0.39, 0.29) is 12.0 Å². The lowest BCUT2D eigenvalue weighted by atomic mass is 9.99. The number of ether oxygens (including phenoxy) is 2. The Bertz CT molecular complexity index is 589. The molecule has 1 N–H and O–H groups in total. The molecule has 0 saturated carbocycles. The van der Waals surface area contributed by atoms with Gasteiger partial charge in [-0.15, -0.1) is 0 Å². The monoisotopic (exact) mass is 324 g/mol. The molecule has 0 aromatic heterocycles. The lowest BCUT2D eigenvalue weighted by Crippen LogP contribution is -2.44. The first-order valence-corrected chi connectivity index (χ1v) is 7.62. The maximum atomic E-state index is 12.4. The molecule has 1 fully saturated rings. The highest BCUT2D eigenvalue weighted by molar-refractivity contribution is 6.32. The number of amides is 2. The predicted octanol–water partition coefficient (Wildman–Crippen LogP) is 1.46. The van der Waals surface area contributed by atoms with Gasteiger partial charge >= 0.3 is 6.09 Å². The third-order valence-electron chi connectivity index (χ3n) is 3.80. The molecule has 22 heavy (non-hydrogen) atoms. The van der Waals surface area contributed by atoms with Crippen molar-refractivity contribution in [2.24, 2.45) is 0 Å². The number of fused-ring (bicyclic) bond motifs is 1. The van der Waals surface area contributed by atoms with Crippen molar-refractivity contribution in [2.45, 2.75) is 12.5 Å². The molecule has 6 nitrogen and oxygen atoms in total. The Labute approximate surface area is 133 Å². The average molecular weight is 325 g/mol. The maximum Gasteiger partial charge on any atom is 0.407 e. The van der Waals surface area contributed by atoms with Gasteiger partial charge in [0.1, 0.15) is 0 Å². The van der Waals surface area contributed by atoms with Gasteiger partial charge in [-0.05, 0) is 24.1 Å². The summed E-state index contributed by atoms with van der Waals surface area (Å²) in [7, 11) is 0. The van der Waals surface area contributed by atoms with Crippen LogP contribution in [-0.2, 0) is 15.9 Å². The second kappa shape index (κ2) is 6.54. The van der Waals surface area contributed by atoms with Crippen LogP contribution in [0.3, 0.4) is 0 Å². The molecule has 3 rings (SSSR count). The summed E-state index contributed by atoms with van der Waals surface area (Å²) in [4.78, 5) is 25.6. The predicted molar refractivity (Wildman–Crippen MR) is 80.2 cm³/mol. The summed E-state index contributed by atoms with van der Waals surface area (Å²) in [5.41, 5.74) is 1.55. The molecule has 118 valence electrons. The molecule has 1 saturated heterocycles. The number of alkyl carbamates (subject to hydrolysis) is 1. The Morgan fingerprint density at radius 1 is 1.45 bits per heavy atom. The summed E-state index contributed by atoms with van der Waals surface area (Å²) >= 11 is 6.11. The van der Waals surface area contributed by atoms with E-state index in [0.717, 1.165) is 12.0 Å². The average Bonchev–Trinajstić information content (AvgIpc) is 2.46. The molecule has 0 aliphatic carbocycles. The molecular formula is C15H17ClN2O4. The van der Waals surface area contributed by atoms with Crippen LogP contribution in [-0.4, -0.2) is 55.9 Å². The fourth-order valence-corrected chi connectivity index (χ4v) is 2.78. The molecule has 7 heteroatoms. The second-order valence-electron chi connectivity index (χ2n) is 5.30. The fourth-order valence-electron chi connectivity index (χ4n) is 2.51. The van der Waals surface area contributed by atoms with Gasteiger partial charge in [0.2, 0.25) is 0 Å². The van der Waals surface area contributed by atoms with Crippen molar-refractivity contribution in [3.63, 3.8) is 0 Å². The van der Waals surface area contributed by atoms with E-state index in [9.17, 15) is 9.59 Å². The van der Waals surface area contributed by atoms with Crippen LogP contribution in [0.25, 0.3) is 0 Å². The highest BCUT2D eigenvalue weighted by Crippen LogP contribution is 2.25. The van der Waals surface area contributed by atoms with Crippen LogP contribution in [0.1, 0.15) is 15.9 Å². The molecule has 0 unspecified atom stereocenters. The zero-order chi connectivity index (χ0) is 15.5. The van der Waals surface area contributed by atoms with Crippen molar-refractivity contribution in [3.05, 3.63) is 34.3 Å². The molecule has 2 amide bonds. The Hall–Kier alpha value is -1.79. The highest BCUT2D eigenvalue weighted by Gasteiger charge is 2.26. The van der Waals surface area contributed by atoms with Crippen LogP contribution in [0.15, 0.2) is 18.2 Å². The van der Waals surface area contributed by atoms with Gasteiger partial charge in [0.05, 0.1) is 13.2 Å². The van der Waals surface area contributed by atoms with Crippen LogP contribution in [0, 0.1) is 0 Å². The largest absolute Gasteiger partial charge is 0.441 e. The van der Waals surface area contributed by atoms with Crippen LogP contribution >= 0.6 is 11.6 Å². The van der Waals surface area contributed by atoms with E-state index in [2.05, 4.69) is 5.32 Å². The Morgan fingerprint density at radius 2 is 2.27 bits per heavy atom. The summed E-state index contributed by atoms with van der Waals surface area (Å²) in [5.74, 6) is -0.0497. The van der Waals surface area contributed by atoms with Crippen molar-refractivity contribution < 1.29 is 19.1 Å². The van der Waals surface area contributed by atoms with Gasteiger partial charge in [0, 0.05) is 30.2 Å². The van der Waals surface area contributed by atoms with E-state index in [0.29, 0.717) is 43.4 Å². The first-order chi connectivity index (χ1) is 10.6. The number of nitrogens with one attached hydrogen (secondary N) is 1. The van der Waals surface area contributed by atoms with Crippen molar-refractivity contribution in [3.8, 4) is 0 Å². The van der Waals surface area contributed by atoms with Crippen LogP contribution in [0.5, 0.6) is 0 Å². The molecule has 0 bridgehead atoms. The van der Waals surface area contributed by atoms with E-state index in [1.54, 1.807) is 23.1 Å². The number of carbonyl (C=O) groups excluding carboxylic acids is 2. The van der Waals surface area contributed by atoms with E-state index in [1.807, 2.05) is 0 Å². The second-order valence-corrected chi connectivity index (χ2v) is 5.71. The third-order valence-corrected chi connectivity index (χ3v) is 4.15. The molecule has 2 aliphatic rings. The van der Waals surface area contributed by atoms with Crippen molar-refractivity contribution in [1.29, 1.82) is 0 Å². The molecule has 2 heterocycles. The molecule has 0 radical (unpaired) electrons. The molecule has 1 aromatic carbocycles. The third kappa shape index (κ3) is 3.18. The summed E-state index contributed by atoms with van der Waals surface area (Å²) in [6.07, 6.45) is 0.108. The Balaban J connectivity index is 1.49. The lowest BCUT2D eigenvalue weighted by molar-refractivity contribution is -0.0979. The zero-order valence-electron chi connectivity index (χ0n) is 12.0. The van der Waals surface area contributed by atoms with Crippen LogP contribution in [0.4, 0.5) is 4.79 Å². The number of hydrogen-bond donors (Lipinski definition) is 1. The van der Waals surface area contributed by atoms with Gasteiger partial charge < -0.3 is 19.7 Å². The number of benzene rings is 1. The minimum absolute atomic E-state index is 0.0497. The number of rotatable bonds is 4. The topological polar surface area (TPSA) is 67.9 Å². The van der Waals surface area contributed by atoms with E-state index in [4.69, 9.17) is 21.1 Å². The van der Waals surface area contributed by atoms with Gasteiger partial charge in [-0.2, -0.15) is 0 Å². The van der Waals surface area contributed by atoms with Gasteiger partial charge in [-0.25, -0.2) is 4.79 Å². The number of halogens is 1. The summed E-state index contributed by atoms with van der Waals surface area (Å²) in [6, 6.07) is 5.36. The Morgan fingerprint density at radius 3 is 3.00 bits per heavy atom.